The van der Waals surface area contributed by atoms with Crippen molar-refractivity contribution in [1.29, 1.82) is 0 Å². The van der Waals surface area contributed by atoms with E-state index in [1.165, 1.54) is 18.5 Å². The minimum atomic E-state index is 0.335. The molecule has 7 nitrogen and oxygen atoms in total. The summed E-state index contributed by atoms with van der Waals surface area (Å²) >= 11 is 0. The number of methoxy groups -OCH3 is 1. The van der Waals surface area contributed by atoms with Crippen molar-refractivity contribution in [3.63, 3.8) is 0 Å². The zero-order valence-electron chi connectivity index (χ0n) is 22.0. The molecular weight excluding hydrogens is 450 g/mol. The molecule has 1 atom stereocenters. The van der Waals surface area contributed by atoms with Gasteiger partial charge in [0.25, 0.3) is 0 Å². The van der Waals surface area contributed by atoms with Crippen LogP contribution in [0.25, 0.3) is 0 Å². The van der Waals surface area contributed by atoms with E-state index < -0.39 is 0 Å². The van der Waals surface area contributed by atoms with Crippen molar-refractivity contribution in [2.45, 2.75) is 57.7 Å². The molecule has 3 heterocycles. The van der Waals surface area contributed by atoms with Crippen LogP contribution in [0.2, 0.25) is 0 Å². The van der Waals surface area contributed by atoms with Crippen molar-refractivity contribution >= 4 is 5.82 Å². The highest BCUT2D eigenvalue weighted by molar-refractivity contribution is 5.44. The Morgan fingerprint density at radius 2 is 1.75 bits per heavy atom. The van der Waals surface area contributed by atoms with Gasteiger partial charge in [0.05, 0.1) is 13.2 Å². The minimum absolute atomic E-state index is 0.335. The van der Waals surface area contributed by atoms with Gasteiger partial charge in [-0.2, -0.15) is 5.10 Å². The van der Waals surface area contributed by atoms with E-state index in [4.69, 9.17) is 9.47 Å². The number of benzene rings is 1. The normalized spacial score (nSPS) is 19.7. The monoisotopic (exact) mass is 491 g/mol. The fraction of sp³-hybridized carbons (Fsp3) is 0.517. The molecule has 2 aliphatic rings. The first kappa shape index (κ1) is 26.2. The second kappa shape index (κ2) is 13.4. The first-order chi connectivity index (χ1) is 17.6. The van der Waals surface area contributed by atoms with Gasteiger partial charge in [0.15, 0.2) is 5.82 Å². The van der Waals surface area contributed by atoms with Crippen LogP contribution in [-0.2, 0) is 6.54 Å². The molecule has 0 bridgehead atoms. The van der Waals surface area contributed by atoms with Crippen molar-refractivity contribution in [3.05, 3.63) is 65.9 Å². The van der Waals surface area contributed by atoms with Crippen molar-refractivity contribution in [1.82, 2.24) is 20.0 Å². The maximum atomic E-state index is 6.28. The Hall–Kier alpha value is -2.90. The predicted octanol–water partition coefficient (Wildman–Crippen LogP) is 4.86. The van der Waals surface area contributed by atoms with Gasteiger partial charge in [-0.1, -0.05) is 18.2 Å². The smallest absolute Gasteiger partial charge is 0.151 e. The molecule has 0 aliphatic carbocycles. The maximum Gasteiger partial charge on any atom is 0.151 e. The molecule has 2 aliphatic heterocycles. The Kier molecular flexibility index (Phi) is 9.76. The largest absolute Gasteiger partial charge is 0.497 e. The lowest BCUT2D eigenvalue weighted by Crippen LogP contribution is -2.38. The molecule has 7 heteroatoms. The van der Waals surface area contributed by atoms with Crippen LogP contribution < -0.4 is 14.8 Å². The molecular formula is C29H41N5O2. The number of nitrogens with one attached hydrogen (secondary N) is 1. The van der Waals surface area contributed by atoms with Crippen LogP contribution in [0.4, 0.5) is 5.82 Å². The average Bonchev–Trinajstić information content (AvgIpc) is 3.10. The number of nitrogens with zero attached hydrogens (tertiary/aromatic N) is 4. The predicted molar refractivity (Wildman–Crippen MR) is 145 cm³/mol. The lowest BCUT2D eigenvalue weighted by atomic mass is 10.0. The van der Waals surface area contributed by atoms with Crippen LogP contribution in [0.3, 0.4) is 0 Å². The number of likely N-dealkylation sites (tertiary alicyclic amines) is 2. The summed E-state index contributed by atoms with van der Waals surface area (Å²) in [6.45, 7) is 7.41. The second-order valence-corrected chi connectivity index (χ2v) is 10.0. The van der Waals surface area contributed by atoms with E-state index in [9.17, 15) is 0 Å². The lowest BCUT2D eigenvalue weighted by Gasteiger charge is -2.32. The zero-order chi connectivity index (χ0) is 25.2. The van der Waals surface area contributed by atoms with Crippen molar-refractivity contribution < 1.29 is 9.47 Å². The van der Waals surface area contributed by atoms with Crippen LogP contribution in [0.15, 0.2) is 54.7 Å². The van der Waals surface area contributed by atoms with Gasteiger partial charge < -0.3 is 19.7 Å². The van der Waals surface area contributed by atoms with Crippen LogP contribution in [-0.4, -0.2) is 72.5 Å². The summed E-state index contributed by atoms with van der Waals surface area (Å²) in [4.78, 5) is 4.93. The topological polar surface area (TPSA) is 62.8 Å². The summed E-state index contributed by atoms with van der Waals surface area (Å²) in [5, 5.41) is 12.2. The van der Waals surface area contributed by atoms with E-state index in [2.05, 4.69) is 56.6 Å². The molecule has 0 amide bonds. The quantitative estimate of drug-likeness (QED) is 0.594. The Morgan fingerprint density at radius 3 is 2.53 bits per heavy atom. The van der Waals surface area contributed by atoms with Crippen molar-refractivity contribution in [2.24, 2.45) is 0 Å². The Bertz CT molecular complexity index is 1010. The summed E-state index contributed by atoms with van der Waals surface area (Å²) in [6.07, 6.45) is 7.63. The molecule has 1 aromatic carbocycles. The van der Waals surface area contributed by atoms with E-state index in [1.807, 2.05) is 31.2 Å². The van der Waals surface area contributed by atoms with E-state index in [-0.39, 0.29) is 0 Å². The molecule has 1 aromatic heterocycles. The average molecular weight is 492 g/mol. The minimum Gasteiger partial charge on any atom is -0.497 e. The number of hydrogen-bond acceptors (Lipinski definition) is 7. The third-order valence-corrected chi connectivity index (χ3v) is 7.11. The third-order valence-electron chi connectivity index (χ3n) is 7.11. The summed E-state index contributed by atoms with van der Waals surface area (Å²) in [5.41, 5.74) is 2.35. The molecule has 0 radical (unpaired) electrons. The fourth-order valence-electron chi connectivity index (χ4n) is 4.89. The van der Waals surface area contributed by atoms with E-state index in [0.29, 0.717) is 12.1 Å². The van der Waals surface area contributed by atoms with Gasteiger partial charge in [-0.3, -0.25) is 4.90 Å². The molecule has 4 rings (SSSR count). The van der Waals surface area contributed by atoms with Gasteiger partial charge in [-0.25, -0.2) is 0 Å². The number of piperidine rings is 1. The first-order valence-corrected chi connectivity index (χ1v) is 13.2. The number of hydrogen-bond donors (Lipinski definition) is 1. The molecule has 2 saturated heterocycles. The van der Waals surface area contributed by atoms with E-state index in [0.717, 1.165) is 74.7 Å². The van der Waals surface area contributed by atoms with Gasteiger partial charge in [0, 0.05) is 38.4 Å². The molecule has 0 spiro atoms. The molecule has 1 N–H and O–H groups in total. The Morgan fingerprint density at radius 1 is 0.944 bits per heavy atom. The number of anilines is 1. The lowest BCUT2D eigenvalue weighted by molar-refractivity contribution is 0.183. The number of ether oxygens (including phenoxy) is 2. The maximum absolute atomic E-state index is 6.28. The van der Waals surface area contributed by atoms with Crippen LogP contribution in [0.5, 0.6) is 11.5 Å². The highest BCUT2D eigenvalue weighted by atomic mass is 16.5. The molecule has 2 fully saturated rings. The summed E-state index contributed by atoms with van der Waals surface area (Å²) in [6, 6.07) is 16.8. The standard InChI is InChI=1S/C29H41N5O2/c1-23-21-28(35-3)7-4-5-16-30-32-29(23)31-25-13-19-34(20-14-25)22-24-9-11-27(12-10-24)36-26-8-6-17-33(2)18-15-26/h4-5,7,9-12,16,21,25-26H,6,8,13-15,17-20,22H2,1-3H3,(H,31,32). The van der Waals surface area contributed by atoms with Gasteiger partial charge >= 0.3 is 0 Å². The summed E-state index contributed by atoms with van der Waals surface area (Å²) in [7, 11) is 3.88. The van der Waals surface area contributed by atoms with Gasteiger partial charge in [0.1, 0.15) is 11.5 Å². The number of aryl methyl sites for hydroxylation is 1. The molecule has 36 heavy (non-hydrogen) atoms. The first-order valence-electron chi connectivity index (χ1n) is 13.2. The van der Waals surface area contributed by atoms with Gasteiger partial charge in [-0.05, 0) is 94.1 Å². The van der Waals surface area contributed by atoms with Crippen molar-refractivity contribution in [3.8, 4) is 11.5 Å². The third kappa shape index (κ3) is 8.07. The number of aromatic nitrogens is 2. The highest BCUT2D eigenvalue weighted by Gasteiger charge is 2.20. The zero-order valence-corrected chi connectivity index (χ0v) is 22.0. The summed E-state index contributed by atoms with van der Waals surface area (Å²) < 4.78 is 11.7. The van der Waals surface area contributed by atoms with E-state index in [1.54, 1.807) is 13.3 Å². The van der Waals surface area contributed by atoms with Gasteiger partial charge in [0.2, 0.25) is 0 Å². The molecule has 0 saturated carbocycles. The van der Waals surface area contributed by atoms with E-state index >= 15 is 0 Å². The van der Waals surface area contributed by atoms with Crippen LogP contribution in [0, 0.1) is 6.92 Å². The second-order valence-electron chi connectivity index (χ2n) is 10.0. The van der Waals surface area contributed by atoms with Crippen molar-refractivity contribution in [2.75, 3.05) is 45.7 Å². The Labute approximate surface area is 216 Å². The highest BCUT2D eigenvalue weighted by Crippen LogP contribution is 2.22. The van der Waals surface area contributed by atoms with Gasteiger partial charge in [-0.15, -0.1) is 5.10 Å². The molecule has 1 unspecified atom stereocenters. The Balaban J connectivity index is 1.27. The fourth-order valence-corrected chi connectivity index (χ4v) is 4.89. The SMILES string of the molecule is COc1ccccnnc(NC2CCN(Cc3ccc(OC4CCCN(C)CC4)cc3)CC2)c(C)c1. The molecule has 194 valence electrons. The molecule has 2 aromatic rings. The van der Waals surface area contributed by atoms with Crippen LogP contribution >= 0.6 is 0 Å². The number of rotatable bonds is 7. The van der Waals surface area contributed by atoms with Crippen LogP contribution in [0.1, 0.15) is 43.2 Å². The summed E-state index contributed by atoms with van der Waals surface area (Å²) in [5.74, 6) is 2.59.